The van der Waals surface area contributed by atoms with Gasteiger partial charge in [-0.25, -0.2) is 0 Å². The van der Waals surface area contributed by atoms with Crippen molar-refractivity contribution in [3.63, 3.8) is 0 Å². The number of likely N-dealkylation sites (N-methyl/N-ethyl adjacent to an activating group) is 1. The highest BCUT2D eigenvalue weighted by molar-refractivity contribution is 5.82. The fourth-order valence-electron chi connectivity index (χ4n) is 1.86. The summed E-state index contributed by atoms with van der Waals surface area (Å²) in [6.45, 7) is 4.71. The summed E-state index contributed by atoms with van der Waals surface area (Å²) in [6.07, 6.45) is 0.402. The van der Waals surface area contributed by atoms with Gasteiger partial charge < -0.3 is 15.4 Å². The van der Waals surface area contributed by atoms with Crippen LogP contribution in [0.1, 0.15) is 19.4 Å². The molecular weight excluding hydrogens is 256 g/mol. The molecule has 110 valence electrons. The Morgan fingerprint density at radius 3 is 2.35 bits per heavy atom. The van der Waals surface area contributed by atoms with Crippen molar-refractivity contribution in [1.29, 1.82) is 0 Å². The molecule has 2 N–H and O–H groups in total. The van der Waals surface area contributed by atoms with Crippen molar-refractivity contribution in [1.82, 2.24) is 4.90 Å². The maximum atomic E-state index is 11.7. The average Bonchev–Trinajstić information content (AvgIpc) is 2.47. The zero-order chi connectivity index (χ0) is 15.0. The lowest BCUT2D eigenvalue weighted by Crippen LogP contribution is -2.39. The van der Waals surface area contributed by atoms with Crippen molar-refractivity contribution in [2.75, 3.05) is 19.7 Å². The van der Waals surface area contributed by atoms with E-state index < -0.39 is 12.0 Å². The number of esters is 1. The Kier molecular flexibility index (Phi) is 6.73. The minimum absolute atomic E-state index is 0.199. The average molecular weight is 278 g/mol. The number of carbonyl (C=O) groups is 2. The van der Waals surface area contributed by atoms with Gasteiger partial charge in [0, 0.05) is 13.1 Å². The second kappa shape index (κ2) is 8.32. The summed E-state index contributed by atoms with van der Waals surface area (Å²) in [5, 5.41) is 0. The second-order valence-electron chi connectivity index (χ2n) is 4.47. The summed E-state index contributed by atoms with van der Waals surface area (Å²) in [7, 11) is 0. The largest absolute Gasteiger partial charge is 0.454 e. The van der Waals surface area contributed by atoms with E-state index in [1.54, 1.807) is 4.90 Å². The smallest absolute Gasteiger partial charge is 0.323 e. The van der Waals surface area contributed by atoms with Crippen LogP contribution in [-0.4, -0.2) is 42.5 Å². The van der Waals surface area contributed by atoms with Gasteiger partial charge in [-0.05, 0) is 25.8 Å². The molecule has 5 heteroatoms. The fourth-order valence-corrected chi connectivity index (χ4v) is 1.86. The number of rotatable bonds is 7. The lowest BCUT2D eigenvalue weighted by Gasteiger charge is -2.19. The molecule has 20 heavy (non-hydrogen) atoms. The molecule has 0 unspecified atom stereocenters. The maximum Gasteiger partial charge on any atom is 0.323 e. The summed E-state index contributed by atoms with van der Waals surface area (Å²) in [5.41, 5.74) is 6.74. The zero-order valence-corrected chi connectivity index (χ0v) is 12.0. The first kappa shape index (κ1) is 16.2. The first-order chi connectivity index (χ1) is 9.58. The Labute approximate surface area is 119 Å². The quantitative estimate of drug-likeness (QED) is 0.754. The van der Waals surface area contributed by atoms with Crippen molar-refractivity contribution in [2.45, 2.75) is 26.3 Å². The molecule has 0 radical (unpaired) electrons. The first-order valence-corrected chi connectivity index (χ1v) is 6.82. The van der Waals surface area contributed by atoms with Gasteiger partial charge in [-0.15, -0.1) is 0 Å². The van der Waals surface area contributed by atoms with E-state index in [0.717, 1.165) is 5.56 Å². The van der Waals surface area contributed by atoms with Gasteiger partial charge in [0.2, 0.25) is 0 Å². The number of carbonyl (C=O) groups excluding carboxylic acids is 2. The highest BCUT2D eigenvalue weighted by Gasteiger charge is 2.18. The summed E-state index contributed by atoms with van der Waals surface area (Å²) >= 11 is 0. The Hall–Kier alpha value is -1.88. The van der Waals surface area contributed by atoms with E-state index in [9.17, 15) is 9.59 Å². The normalized spacial score (nSPS) is 11.8. The monoisotopic (exact) mass is 278 g/mol. The minimum atomic E-state index is -0.748. The molecule has 1 amide bonds. The number of nitrogens with two attached hydrogens (primary N) is 1. The number of hydrogen-bond donors (Lipinski definition) is 1. The molecule has 0 aliphatic rings. The van der Waals surface area contributed by atoms with E-state index in [1.807, 2.05) is 44.2 Å². The zero-order valence-electron chi connectivity index (χ0n) is 12.0. The van der Waals surface area contributed by atoms with Crippen molar-refractivity contribution < 1.29 is 14.3 Å². The van der Waals surface area contributed by atoms with Crippen LogP contribution in [0.5, 0.6) is 0 Å². The third kappa shape index (κ3) is 5.01. The number of hydrogen-bond acceptors (Lipinski definition) is 4. The van der Waals surface area contributed by atoms with Gasteiger partial charge in [-0.2, -0.15) is 0 Å². The van der Waals surface area contributed by atoms with Crippen LogP contribution < -0.4 is 5.73 Å². The topological polar surface area (TPSA) is 72.6 Å². The van der Waals surface area contributed by atoms with E-state index >= 15 is 0 Å². The molecule has 1 aromatic rings. The van der Waals surface area contributed by atoms with Gasteiger partial charge in [0.1, 0.15) is 6.04 Å². The van der Waals surface area contributed by atoms with Crippen LogP contribution >= 0.6 is 0 Å². The van der Waals surface area contributed by atoms with Crippen LogP contribution in [0.4, 0.5) is 0 Å². The molecule has 0 fully saturated rings. The fraction of sp³-hybridized carbons (Fsp3) is 0.467. The number of amides is 1. The van der Waals surface area contributed by atoms with Gasteiger partial charge in [-0.1, -0.05) is 30.3 Å². The lowest BCUT2D eigenvalue weighted by atomic mass is 10.1. The maximum absolute atomic E-state index is 11.7. The number of benzene rings is 1. The Bertz CT molecular complexity index is 430. The molecule has 0 aromatic heterocycles. The SMILES string of the molecule is CCN(CC)C(=O)COC(=O)[C@@H](N)Cc1ccccc1. The van der Waals surface area contributed by atoms with Crippen molar-refractivity contribution in [3.8, 4) is 0 Å². The molecule has 1 aromatic carbocycles. The van der Waals surface area contributed by atoms with E-state index in [2.05, 4.69) is 0 Å². The molecule has 0 spiro atoms. The van der Waals surface area contributed by atoms with Crippen LogP contribution in [0.25, 0.3) is 0 Å². The standard InChI is InChI=1S/C15H22N2O3/c1-3-17(4-2)14(18)11-20-15(19)13(16)10-12-8-6-5-7-9-12/h5-9,13H,3-4,10-11,16H2,1-2H3/t13-/m0/s1. The second-order valence-corrected chi connectivity index (χ2v) is 4.47. The van der Waals surface area contributed by atoms with Crippen LogP contribution in [-0.2, 0) is 20.7 Å². The number of ether oxygens (including phenoxy) is 1. The Morgan fingerprint density at radius 2 is 1.80 bits per heavy atom. The molecule has 0 bridgehead atoms. The van der Waals surface area contributed by atoms with Gasteiger partial charge >= 0.3 is 5.97 Å². The molecule has 0 aliphatic heterocycles. The molecule has 5 nitrogen and oxygen atoms in total. The van der Waals surface area contributed by atoms with Gasteiger partial charge in [0.05, 0.1) is 0 Å². The molecule has 1 atom stereocenters. The summed E-state index contributed by atoms with van der Waals surface area (Å²) in [6, 6.07) is 8.72. The van der Waals surface area contributed by atoms with Crippen molar-refractivity contribution >= 4 is 11.9 Å². The van der Waals surface area contributed by atoms with E-state index in [1.165, 1.54) is 0 Å². The lowest BCUT2D eigenvalue weighted by molar-refractivity contribution is -0.153. The predicted molar refractivity (Wildman–Crippen MR) is 77.0 cm³/mol. The molecule has 0 aliphatic carbocycles. The van der Waals surface area contributed by atoms with Gasteiger partial charge in [-0.3, -0.25) is 9.59 Å². The van der Waals surface area contributed by atoms with E-state index in [4.69, 9.17) is 10.5 Å². The third-order valence-corrected chi connectivity index (χ3v) is 3.06. The number of nitrogens with zero attached hydrogens (tertiary/aromatic N) is 1. The van der Waals surface area contributed by atoms with E-state index in [-0.39, 0.29) is 12.5 Å². The van der Waals surface area contributed by atoms with Crippen LogP contribution in [0.3, 0.4) is 0 Å². The van der Waals surface area contributed by atoms with Gasteiger partial charge in [0.25, 0.3) is 5.91 Å². The minimum Gasteiger partial charge on any atom is -0.454 e. The predicted octanol–water partition coefficient (Wildman–Crippen LogP) is 0.968. The van der Waals surface area contributed by atoms with Crippen molar-refractivity contribution in [2.24, 2.45) is 5.73 Å². The van der Waals surface area contributed by atoms with Crippen LogP contribution in [0, 0.1) is 0 Å². The van der Waals surface area contributed by atoms with E-state index in [0.29, 0.717) is 19.5 Å². The van der Waals surface area contributed by atoms with Gasteiger partial charge in [0.15, 0.2) is 6.61 Å². The van der Waals surface area contributed by atoms with Crippen LogP contribution in [0.2, 0.25) is 0 Å². The summed E-state index contributed by atoms with van der Waals surface area (Å²) < 4.78 is 4.97. The summed E-state index contributed by atoms with van der Waals surface area (Å²) in [5.74, 6) is -0.746. The molecule has 0 saturated carbocycles. The van der Waals surface area contributed by atoms with Crippen molar-refractivity contribution in [3.05, 3.63) is 35.9 Å². The highest BCUT2D eigenvalue weighted by Crippen LogP contribution is 2.03. The van der Waals surface area contributed by atoms with Crippen LogP contribution in [0.15, 0.2) is 30.3 Å². The molecule has 0 heterocycles. The molecule has 1 rings (SSSR count). The summed E-state index contributed by atoms with van der Waals surface area (Å²) in [4.78, 5) is 25.0. The Balaban J connectivity index is 2.41. The highest BCUT2D eigenvalue weighted by atomic mass is 16.5. The first-order valence-electron chi connectivity index (χ1n) is 6.82. The third-order valence-electron chi connectivity index (χ3n) is 3.06. The molecule has 0 saturated heterocycles. The Morgan fingerprint density at radius 1 is 1.20 bits per heavy atom. The molecular formula is C15H22N2O3.